The molecule has 0 radical (unpaired) electrons. The van der Waals surface area contributed by atoms with E-state index in [1.54, 1.807) is 0 Å². The summed E-state index contributed by atoms with van der Waals surface area (Å²) in [5.41, 5.74) is 3.89. The zero-order valence-corrected chi connectivity index (χ0v) is 13.5. The van der Waals surface area contributed by atoms with Gasteiger partial charge in [0, 0.05) is 11.2 Å². The van der Waals surface area contributed by atoms with Gasteiger partial charge in [0.1, 0.15) is 11.9 Å². The van der Waals surface area contributed by atoms with E-state index >= 15 is 0 Å². The molecule has 2 aliphatic carbocycles. The molecule has 10 nitrogen and oxygen atoms in total. The zero-order chi connectivity index (χ0) is 17.6. The summed E-state index contributed by atoms with van der Waals surface area (Å²) in [4.78, 5) is 39.4. The average Bonchev–Trinajstić information content (AvgIpc) is 2.90. The number of nitrogens with two attached hydrogens (primary N) is 1. The number of rotatable bonds is 6. The first kappa shape index (κ1) is 16.7. The van der Waals surface area contributed by atoms with Gasteiger partial charge in [-0.2, -0.15) is 5.10 Å². The summed E-state index contributed by atoms with van der Waals surface area (Å²) in [5, 5.41) is 28.2. The Kier molecular flexibility index (Phi) is 4.00. The summed E-state index contributed by atoms with van der Waals surface area (Å²) in [6.45, 7) is 1.44. The van der Waals surface area contributed by atoms with Crippen LogP contribution in [0.5, 0.6) is 0 Å². The number of hydrogen-bond acceptors (Lipinski definition) is 7. The molecule has 0 saturated heterocycles. The summed E-state index contributed by atoms with van der Waals surface area (Å²) in [7, 11) is 0. The van der Waals surface area contributed by atoms with Crippen LogP contribution >= 0.6 is 11.8 Å². The molecule has 6 unspecified atom stereocenters. The third-order valence-electron chi connectivity index (χ3n) is 4.68. The van der Waals surface area contributed by atoms with E-state index in [-0.39, 0.29) is 17.6 Å². The maximum atomic E-state index is 12.0. The fourth-order valence-corrected chi connectivity index (χ4v) is 4.95. The van der Waals surface area contributed by atoms with Crippen molar-refractivity contribution in [3.8, 4) is 0 Å². The minimum Gasteiger partial charge on any atom is -0.481 e. The van der Waals surface area contributed by atoms with Gasteiger partial charge in [-0.3, -0.25) is 14.7 Å². The number of carboxylic acids is 2. The number of carboxylic acid groups (broad SMARTS) is 2. The fraction of sp³-hybridized carbons (Fsp3) is 0.615. The Bertz CT molecular complexity index is 680. The van der Waals surface area contributed by atoms with Crippen molar-refractivity contribution in [1.29, 1.82) is 0 Å². The third-order valence-corrected chi connectivity index (χ3v) is 5.88. The molecule has 2 aliphatic rings. The lowest BCUT2D eigenvalue weighted by Crippen LogP contribution is -2.59. The number of nitrogens with one attached hydrogen (secondary N) is 2. The highest BCUT2D eigenvalue weighted by atomic mass is 32.2. The number of nitrogens with zero attached hydrogens (tertiary/aromatic N) is 2. The van der Waals surface area contributed by atoms with E-state index in [1.165, 1.54) is 25.0 Å². The van der Waals surface area contributed by atoms with Crippen LogP contribution in [-0.4, -0.2) is 60.1 Å². The summed E-state index contributed by atoms with van der Waals surface area (Å²) in [5.74, 6) is -4.76. The van der Waals surface area contributed by atoms with Crippen molar-refractivity contribution in [2.75, 3.05) is 0 Å². The highest BCUT2D eigenvalue weighted by molar-refractivity contribution is 7.99. The fourth-order valence-electron chi connectivity index (χ4n) is 3.61. The first-order valence-corrected chi connectivity index (χ1v) is 8.21. The van der Waals surface area contributed by atoms with E-state index in [2.05, 4.69) is 20.5 Å². The molecule has 0 spiro atoms. The number of aliphatic carboxylic acids is 2. The molecule has 0 bridgehead atoms. The molecule has 1 aromatic rings. The summed E-state index contributed by atoms with van der Waals surface area (Å²) in [6.07, 6.45) is 1.42. The van der Waals surface area contributed by atoms with Gasteiger partial charge in [-0.05, 0) is 19.3 Å². The zero-order valence-electron chi connectivity index (χ0n) is 12.7. The van der Waals surface area contributed by atoms with Gasteiger partial charge in [0.25, 0.3) is 0 Å². The molecule has 3 rings (SSSR count). The number of amides is 1. The molecule has 0 aromatic carbocycles. The van der Waals surface area contributed by atoms with Crippen LogP contribution in [-0.2, 0) is 14.4 Å². The van der Waals surface area contributed by atoms with E-state index in [0.717, 1.165) is 0 Å². The predicted octanol–water partition coefficient (Wildman–Crippen LogP) is -1.10. The Balaban J connectivity index is 1.90. The molecular formula is C13H17N5O5S. The van der Waals surface area contributed by atoms with Gasteiger partial charge >= 0.3 is 11.9 Å². The number of fused-ring (bicyclic) bond motifs is 1. The second kappa shape index (κ2) is 5.74. The van der Waals surface area contributed by atoms with E-state index in [0.29, 0.717) is 5.16 Å². The number of carbonyl (C=O) groups excluding carboxylic acids is 1. The van der Waals surface area contributed by atoms with Crippen LogP contribution in [0.4, 0.5) is 0 Å². The maximum absolute atomic E-state index is 12.0. The van der Waals surface area contributed by atoms with Crippen LogP contribution in [0, 0.1) is 17.8 Å². The van der Waals surface area contributed by atoms with E-state index in [1.807, 2.05) is 0 Å². The number of H-pyrrole nitrogens is 1. The maximum Gasteiger partial charge on any atom is 0.329 e. The molecule has 1 heterocycles. The third kappa shape index (κ3) is 2.53. The normalized spacial score (nSPS) is 35.1. The predicted molar refractivity (Wildman–Crippen MR) is 80.9 cm³/mol. The van der Waals surface area contributed by atoms with Crippen LogP contribution in [0.1, 0.15) is 13.3 Å². The van der Waals surface area contributed by atoms with Gasteiger partial charge in [-0.25, -0.2) is 9.78 Å². The highest BCUT2D eigenvalue weighted by Gasteiger charge is 2.75. The monoisotopic (exact) mass is 355 g/mol. The molecule has 6 atom stereocenters. The van der Waals surface area contributed by atoms with Crippen molar-refractivity contribution < 1.29 is 24.6 Å². The number of thioether (sulfide) groups is 1. The molecule has 0 aliphatic heterocycles. The molecule has 130 valence electrons. The molecule has 24 heavy (non-hydrogen) atoms. The van der Waals surface area contributed by atoms with Crippen LogP contribution in [0.3, 0.4) is 0 Å². The van der Waals surface area contributed by atoms with Crippen LogP contribution < -0.4 is 11.1 Å². The molecule has 2 fully saturated rings. The van der Waals surface area contributed by atoms with Gasteiger partial charge in [-0.15, -0.1) is 0 Å². The summed E-state index contributed by atoms with van der Waals surface area (Å²) < 4.78 is 0. The van der Waals surface area contributed by atoms with Crippen molar-refractivity contribution in [2.24, 2.45) is 23.5 Å². The number of aromatic amines is 1. The van der Waals surface area contributed by atoms with Crippen molar-refractivity contribution in [2.45, 2.75) is 35.3 Å². The lowest BCUT2D eigenvalue weighted by Gasteiger charge is -2.30. The van der Waals surface area contributed by atoms with Crippen LogP contribution in [0.25, 0.3) is 0 Å². The van der Waals surface area contributed by atoms with Crippen LogP contribution in [0.15, 0.2) is 11.5 Å². The topological polar surface area (TPSA) is 171 Å². The average molecular weight is 355 g/mol. The Morgan fingerprint density at radius 2 is 2.21 bits per heavy atom. The standard InChI is InChI=1S/C13H17N5O5S/c1-4(14)9(19)17-13(11(22)23)2-5(24-12-15-3-16-18-12)6-7(8(6)13)10(20)21/h3-8H,2,14H2,1H3,(H,17,19)(H,20,21)(H,22,23)(H,15,16,18). The van der Waals surface area contributed by atoms with Crippen molar-refractivity contribution >= 4 is 29.6 Å². The highest BCUT2D eigenvalue weighted by Crippen LogP contribution is 2.65. The van der Waals surface area contributed by atoms with E-state index < -0.39 is 41.3 Å². The molecule has 1 amide bonds. The second-order valence-electron chi connectivity index (χ2n) is 6.17. The number of carbonyl (C=O) groups is 3. The summed E-state index contributed by atoms with van der Waals surface area (Å²) >= 11 is 1.25. The SMILES string of the molecule is CC(N)C(=O)NC1(C(=O)O)CC(Sc2ncn[nH]2)C2C(C(=O)O)C21. The molecule has 1 aromatic heterocycles. The lowest BCUT2D eigenvalue weighted by molar-refractivity contribution is -0.149. The molecular weight excluding hydrogens is 338 g/mol. The quantitative estimate of drug-likeness (QED) is 0.425. The smallest absolute Gasteiger partial charge is 0.329 e. The lowest BCUT2D eigenvalue weighted by atomic mass is 9.89. The van der Waals surface area contributed by atoms with Crippen LogP contribution in [0.2, 0.25) is 0 Å². The van der Waals surface area contributed by atoms with Gasteiger partial charge in [-0.1, -0.05) is 11.8 Å². The number of aromatic nitrogens is 3. The summed E-state index contributed by atoms with van der Waals surface area (Å²) in [6, 6.07) is -0.886. The van der Waals surface area contributed by atoms with Crippen molar-refractivity contribution in [1.82, 2.24) is 20.5 Å². The number of hydrogen-bond donors (Lipinski definition) is 5. The Morgan fingerprint density at radius 1 is 1.50 bits per heavy atom. The van der Waals surface area contributed by atoms with Gasteiger partial charge in [0.05, 0.1) is 12.0 Å². The minimum atomic E-state index is -1.63. The molecule has 6 N–H and O–H groups in total. The first-order valence-electron chi connectivity index (χ1n) is 7.33. The van der Waals surface area contributed by atoms with E-state index in [9.17, 15) is 24.6 Å². The Morgan fingerprint density at radius 3 is 2.71 bits per heavy atom. The first-order chi connectivity index (χ1) is 11.3. The van der Waals surface area contributed by atoms with E-state index in [4.69, 9.17) is 5.73 Å². The molecule has 11 heteroatoms. The van der Waals surface area contributed by atoms with Gasteiger partial charge < -0.3 is 21.3 Å². The largest absolute Gasteiger partial charge is 0.481 e. The van der Waals surface area contributed by atoms with Gasteiger partial charge in [0.2, 0.25) is 5.91 Å². The van der Waals surface area contributed by atoms with Gasteiger partial charge in [0.15, 0.2) is 5.16 Å². The second-order valence-corrected chi connectivity index (χ2v) is 7.40. The van der Waals surface area contributed by atoms with Crippen molar-refractivity contribution in [3.05, 3.63) is 6.33 Å². The Hall–Kier alpha value is -2.14. The Labute approximate surface area is 140 Å². The minimum absolute atomic E-state index is 0.102. The molecule has 2 saturated carbocycles. The van der Waals surface area contributed by atoms with Crippen molar-refractivity contribution in [3.63, 3.8) is 0 Å².